The first-order valence-corrected chi connectivity index (χ1v) is 5.08. The number of methoxy groups -OCH3 is 1. The van der Waals surface area contributed by atoms with Crippen LogP contribution in [0, 0.1) is 0 Å². The molecular weight excluding hydrogens is 282 g/mol. The summed E-state index contributed by atoms with van der Waals surface area (Å²) in [5.41, 5.74) is 0.945. The molecule has 9 nitrogen and oxygen atoms in total. The molecule has 0 bridgehead atoms. The second-order valence-electron chi connectivity index (χ2n) is 2.99. The van der Waals surface area contributed by atoms with Gasteiger partial charge in [-0.05, 0) is 6.07 Å². The van der Waals surface area contributed by atoms with Crippen molar-refractivity contribution in [1.82, 2.24) is 15.0 Å². The van der Waals surface area contributed by atoms with Gasteiger partial charge in [-0.25, -0.2) is 9.97 Å². The number of carbonyl (C=O) groups is 2. The van der Waals surface area contributed by atoms with E-state index in [-0.39, 0.29) is 24.6 Å². The molecule has 0 aliphatic rings. The maximum absolute atomic E-state index is 9.30. The summed E-state index contributed by atoms with van der Waals surface area (Å²) in [4.78, 5) is 28.2. The number of rotatable bonds is 2. The molecule has 0 fully saturated rings. The number of hydrogen-bond acceptors (Lipinski definition) is 7. The van der Waals surface area contributed by atoms with E-state index in [0.29, 0.717) is 11.3 Å². The molecule has 0 unspecified atom stereocenters. The Morgan fingerprint density at radius 2 is 1.86 bits per heavy atom. The van der Waals surface area contributed by atoms with Gasteiger partial charge >= 0.3 is 0 Å². The Labute approximate surface area is 123 Å². The lowest BCUT2D eigenvalue weighted by atomic mass is 10.2. The van der Waals surface area contributed by atoms with Gasteiger partial charge in [0.15, 0.2) is 0 Å². The van der Waals surface area contributed by atoms with Crippen molar-refractivity contribution in [2.24, 2.45) is 0 Å². The minimum atomic E-state index is -2.57. The van der Waals surface area contributed by atoms with Gasteiger partial charge < -0.3 is 20.1 Å². The summed E-state index contributed by atoms with van der Waals surface area (Å²) in [5.74, 6) is -0.0762. The SMILES string of the molecule is O=CO.O=CO.[2H]C([2H])([2H])Oc1cc(-c2cncc(O)c2)ncn1. The van der Waals surface area contributed by atoms with Gasteiger partial charge in [0.2, 0.25) is 5.88 Å². The van der Waals surface area contributed by atoms with Crippen LogP contribution in [0.25, 0.3) is 11.3 Å². The van der Waals surface area contributed by atoms with Crippen molar-refractivity contribution >= 4 is 12.9 Å². The summed E-state index contributed by atoms with van der Waals surface area (Å²) in [5, 5.41) is 23.1. The van der Waals surface area contributed by atoms with Gasteiger partial charge in [0.05, 0.1) is 23.0 Å². The number of nitrogens with zero attached hydrogens (tertiary/aromatic N) is 3. The Morgan fingerprint density at radius 3 is 2.43 bits per heavy atom. The molecule has 0 saturated carbocycles. The largest absolute Gasteiger partial charge is 0.506 e. The minimum Gasteiger partial charge on any atom is -0.506 e. The van der Waals surface area contributed by atoms with Crippen molar-refractivity contribution in [3.8, 4) is 22.9 Å². The summed E-state index contributed by atoms with van der Waals surface area (Å²) in [6.07, 6.45) is 3.95. The van der Waals surface area contributed by atoms with Gasteiger partial charge in [-0.1, -0.05) is 0 Å². The van der Waals surface area contributed by atoms with Crippen molar-refractivity contribution in [3.05, 3.63) is 30.9 Å². The van der Waals surface area contributed by atoms with E-state index in [0.717, 1.165) is 0 Å². The third-order valence-corrected chi connectivity index (χ3v) is 1.77. The van der Waals surface area contributed by atoms with Gasteiger partial charge in [0.25, 0.3) is 12.9 Å². The summed E-state index contributed by atoms with van der Waals surface area (Å²) < 4.78 is 25.6. The van der Waals surface area contributed by atoms with Crippen molar-refractivity contribution in [3.63, 3.8) is 0 Å². The molecule has 0 aromatic carbocycles. The van der Waals surface area contributed by atoms with Crippen LogP contribution in [0.5, 0.6) is 11.6 Å². The fraction of sp³-hybridized carbons (Fsp3) is 0.0833. The summed E-state index contributed by atoms with van der Waals surface area (Å²) in [7, 11) is -2.57. The van der Waals surface area contributed by atoms with Crippen LogP contribution in [0.1, 0.15) is 4.11 Å². The van der Waals surface area contributed by atoms with Crippen LogP contribution in [0.3, 0.4) is 0 Å². The van der Waals surface area contributed by atoms with Crippen molar-refractivity contribution in [2.45, 2.75) is 0 Å². The lowest BCUT2D eigenvalue weighted by Gasteiger charge is -2.02. The van der Waals surface area contributed by atoms with E-state index in [1.165, 1.54) is 30.9 Å². The van der Waals surface area contributed by atoms with Crippen LogP contribution >= 0.6 is 0 Å². The number of pyridine rings is 1. The zero-order valence-corrected chi connectivity index (χ0v) is 10.4. The van der Waals surface area contributed by atoms with E-state index in [1.54, 1.807) is 0 Å². The lowest BCUT2D eigenvalue weighted by Crippen LogP contribution is -1.91. The first-order chi connectivity index (χ1) is 11.3. The molecule has 2 aromatic heterocycles. The van der Waals surface area contributed by atoms with Gasteiger partial charge in [0, 0.05) is 17.8 Å². The quantitative estimate of drug-likeness (QED) is 0.681. The Bertz CT molecular complexity index is 648. The van der Waals surface area contributed by atoms with E-state index in [1.807, 2.05) is 0 Å². The average Bonchev–Trinajstić information content (AvgIpc) is 2.47. The molecule has 0 aliphatic heterocycles. The van der Waals surface area contributed by atoms with Crippen LogP contribution in [0.15, 0.2) is 30.9 Å². The zero-order valence-electron chi connectivity index (χ0n) is 13.4. The lowest BCUT2D eigenvalue weighted by molar-refractivity contribution is -0.123. The Kier molecular flexibility index (Phi) is 6.50. The van der Waals surface area contributed by atoms with Crippen molar-refractivity contribution in [1.29, 1.82) is 0 Å². The molecule has 0 radical (unpaired) electrons. The zero-order chi connectivity index (χ0) is 18.6. The number of hydrogen-bond donors (Lipinski definition) is 3. The van der Waals surface area contributed by atoms with Gasteiger partial charge in [0.1, 0.15) is 12.1 Å². The molecule has 0 aliphatic carbocycles. The fourth-order valence-corrected chi connectivity index (χ4v) is 1.12. The first kappa shape index (κ1) is 12.8. The van der Waals surface area contributed by atoms with Crippen LogP contribution in [-0.2, 0) is 9.59 Å². The smallest absolute Gasteiger partial charge is 0.290 e. The molecule has 2 rings (SSSR count). The van der Waals surface area contributed by atoms with E-state index in [2.05, 4.69) is 19.7 Å². The third kappa shape index (κ3) is 7.06. The third-order valence-electron chi connectivity index (χ3n) is 1.77. The Morgan fingerprint density at radius 1 is 1.19 bits per heavy atom. The maximum atomic E-state index is 9.30. The predicted octanol–water partition coefficient (Wildman–Crippen LogP) is 0.654. The summed E-state index contributed by atoms with van der Waals surface area (Å²) in [6, 6.07) is 2.82. The summed E-state index contributed by atoms with van der Waals surface area (Å²) in [6.45, 7) is -0.500. The number of aromatic nitrogens is 3. The highest BCUT2D eigenvalue weighted by Crippen LogP contribution is 2.21. The molecule has 0 amide bonds. The van der Waals surface area contributed by atoms with E-state index >= 15 is 0 Å². The number of aromatic hydroxyl groups is 1. The first-order valence-electron chi connectivity index (χ1n) is 6.58. The van der Waals surface area contributed by atoms with Gasteiger partial charge in [-0.3, -0.25) is 14.6 Å². The van der Waals surface area contributed by atoms with Crippen molar-refractivity contribution in [2.75, 3.05) is 7.04 Å². The molecular formula is C12H13N3O6. The molecule has 0 atom stereocenters. The predicted molar refractivity (Wildman–Crippen MR) is 70.9 cm³/mol. The molecule has 21 heavy (non-hydrogen) atoms. The van der Waals surface area contributed by atoms with Crippen molar-refractivity contribution < 1.29 is 33.8 Å². The minimum absolute atomic E-state index is 0.00981. The van der Waals surface area contributed by atoms with Crippen LogP contribution in [-0.4, -0.2) is 50.3 Å². The van der Waals surface area contributed by atoms with E-state index in [9.17, 15) is 5.11 Å². The molecule has 112 valence electrons. The molecule has 0 spiro atoms. The fourth-order valence-electron chi connectivity index (χ4n) is 1.12. The normalized spacial score (nSPS) is 11.0. The molecule has 2 heterocycles. The maximum Gasteiger partial charge on any atom is 0.290 e. The van der Waals surface area contributed by atoms with Crippen LogP contribution in [0.4, 0.5) is 0 Å². The molecule has 2 aromatic rings. The van der Waals surface area contributed by atoms with Gasteiger partial charge in [-0.15, -0.1) is 0 Å². The number of ether oxygens (including phenoxy) is 1. The van der Waals surface area contributed by atoms with Gasteiger partial charge in [-0.2, -0.15) is 0 Å². The highest BCUT2D eigenvalue weighted by molar-refractivity contribution is 5.60. The average molecular weight is 298 g/mol. The second kappa shape index (κ2) is 10.7. The highest BCUT2D eigenvalue weighted by Gasteiger charge is 2.03. The Hall–Kier alpha value is -3.23. The van der Waals surface area contributed by atoms with Crippen LogP contribution < -0.4 is 4.74 Å². The Balaban J connectivity index is 0.000000772. The number of carboxylic acid groups (broad SMARTS) is 2. The topological polar surface area (TPSA) is 143 Å². The molecule has 9 heteroatoms. The standard InChI is InChI=1S/C10H9N3O2.2CH2O2/c1-15-10-3-9(12-6-13-10)7-2-8(14)5-11-4-7;2*2-1-3/h2-6,14H,1H3;2*1H,(H,2,3)/i1D3;;. The summed E-state index contributed by atoms with van der Waals surface area (Å²) >= 11 is 0. The van der Waals surface area contributed by atoms with Crippen LogP contribution in [0.2, 0.25) is 0 Å². The molecule has 3 N–H and O–H groups in total. The second-order valence-corrected chi connectivity index (χ2v) is 2.99. The van der Waals surface area contributed by atoms with E-state index < -0.39 is 7.04 Å². The monoisotopic (exact) mass is 298 g/mol. The highest BCUT2D eigenvalue weighted by atomic mass is 16.5. The van der Waals surface area contributed by atoms with E-state index in [4.69, 9.17) is 23.9 Å². The molecule has 0 saturated heterocycles.